The Morgan fingerprint density at radius 2 is 1.97 bits per heavy atom. The van der Waals surface area contributed by atoms with E-state index in [-0.39, 0.29) is 24.1 Å². The lowest BCUT2D eigenvalue weighted by atomic mass is 10.1. The molecular weight excluding hydrogens is 452 g/mol. The number of benzene rings is 2. The molecule has 30 heavy (non-hydrogen) atoms. The second kappa shape index (κ2) is 8.89. The molecule has 2 aromatic rings. The number of nitrogens with zero attached hydrogens (tertiary/aromatic N) is 2. The van der Waals surface area contributed by atoms with Gasteiger partial charge in [0.15, 0.2) is 11.5 Å². The number of fused-ring (bicyclic) bond motifs is 1. The highest BCUT2D eigenvalue weighted by atomic mass is 79.9. The molecule has 4 rings (SSSR count). The first kappa shape index (κ1) is 20.4. The summed E-state index contributed by atoms with van der Waals surface area (Å²) >= 11 is 3.45. The molecule has 0 unspecified atom stereocenters. The Morgan fingerprint density at radius 3 is 2.70 bits per heavy atom. The monoisotopic (exact) mass is 472 g/mol. The fourth-order valence-electron chi connectivity index (χ4n) is 3.39. The zero-order valence-corrected chi connectivity index (χ0v) is 18.1. The Morgan fingerprint density at radius 1 is 1.20 bits per heavy atom. The summed E-state index contributed by atoms with van der Waals surface area (Å²) in [6.45, 7) is 2.03. The lowest BCUT2D eigenvalue weighted by Gasteiger charge is -2.33. The van der Waals surface area contributed by atoms with E-state index in [4.69, 9.17) is 14.2 Å². The largest absolute Gasteiger partial charge is 0.496 e. The number of ether oxygens (including phenoxy) is 3. The number of methoxy groups -OCH3 is 1. The van der Waals surface area contributed by atoms with Crippen molar-refractivity contribution in [2.75, 3.05) is 44.9 Å². The molecule has 1 fully saturated rings. The summed E-state index contributed by atoms with van der Waals surface area (Å²) in [5.74, 6) is 0.902. The maximum atomic E-state index is 13.2. The third kappa shape index (κ3) is 4.20. The molecule has 0 radical (unpaired) electrons. The van der Waals surface area contributed by atoms with Gasteiger partial charge in [-0.05, 0) is 51.8 Å². The van der Waals surface area contributed by atoms with Gasteiger partial charge < -0.3 is 19.1 Å². The van der Waals surface area contributed by atoms with Crippen LogP contribution in [0.5, 0.6) is 11.5 Å². The van der Waals surface area contributed by atoms with Crippen LogP contribution >= 0.6 is 15.9 Å². The van der Waals surface area contributed by atoms with Crippen molar-refractivity contribution in [3.05, 3.63) is 58.3 Å². The normalized spacial score (nSPS) is 17.5. The molecule has 0 aliphatic carbocycles. The van der Waals surface area contributed by atoms with E-state index in [1.807, 2.05) is 24.3 Å². The standard InChI is InChI=1S/C22H21BrN2O5/c1-28-18-7-6-15(12-16(18)23)13-20-22(27)25(17-4-2-3-5-19(17)30-20)14-21(26)24-8-10-29-11-9-24/h2-7,12-13H,8-11,14H2,1H3/b20-13+. The van der Waals surface area contributed by atoms with Crippen LogP contribution in [-0.2, 0) is 14.3 Å². The van der Waals surface area contributed by atoms with Crippen molar-refractivity contribution in [1.29, 1.82) is 0 Å². The highest BCUT2D eigenvalue weighted by molar-refractivity contribution is 9.10. The van der Waals surface area contributed by atoms with Crippen molar-refractivity contribution >= 4 is 39.5 Å². The minimum absolute atomic E-state index is 0.0527. The molecule has 2 amide bonds. The molecule has 0 spiro atoms. The molecule has 0 saturated carbocycles. The average Bonchev–Trinajstić information content (AvgIpc) is 2.77. The summed E-state index contributed by atoms with van der Waals surface area (Å²) < 4.78 is 17.2. The molecule has 0 aromatic heterocycles. The van der Waals surface area contributed by atoms with E-state index in [2.05, 4.69) is 15.9 Å². The predicted octanol–water partition coefficient (Wildman–Crippen LogP) is 3.08. The van der Waals surface area contributed by atoms with Crippen LogP contribution in [-0.4, -0.2) is 56.7 Å². The number of carbonyl (C=O) groups excluding carboxylic acids is 2. The summed E-state index contributed by atoms with van der Waals surface area (Å²) in [5.41, 5.74) is 1.35. The summed E-state index contributed by atoms with van der Waals surface area (Å²) in [4.78, 5) is 29.2. The number of rotatable bonds is 4. The maximum absolute atomic E-state index is 13.2. The number of hydrogen-bond acceptors (Lipinski definition) is 5. The summed E-state index contributed by atoms with van der Waals surface area (Å²) in [6.07, 6.45) is 1.66. The zero-order valence-electron chi connectivity index (χ0n) is 16.5. The molecule has 2 aliphatic rings. The minimum Gasteiger partial charge on any atom is -0.496 e. The first-order valence-corrected chi connectivity index (χ1v) is 10.4. The third-order valence-electron chi connectivity index (χ3n) is 4.96. The Labute approximate surface area is 182 Å². The van der Waals surface area contributed by atoms with Gasteiger partial charge in [-0.2, -0.15) is 0 Å². The first-order valence-electron chi connectivity index (χ1n) is 9.56. The maximum Gasteiger partial charge on any atom is 0.294 e. The fraction of sp³-hybridized carbons (Fsp3) is 0.273. The minimum atomic E-state index is -0.359. The van der Waals surface area contributed by atoms with Crippen LogP contribution in [0.2, 0.25) is 0 Å². The number of halogens is 1. The highest BCUT2D eigenvalue weighted by Crippen LogP contribution is 2.36. The Kier molecular flexibility index (Phi) is 6.06. The number of anilines is 1. The Balaban J connectivity index is 1.63. The molecule has 2 aliphatic heterocycles. The van der Waals surface area contributed by atoms with Crippen molar-refractivity contribution < 1.29 is 23.8 Å². The molecule has 0 N–H and O–H groups in total. The smallest absolute Gasteiger partial charge is 0.294 e. The van der Waals surface area contributed by atoms with Gasteiger partial charge in [0.2, 0.25) is 5.91 Å². The van der Waals surface area contributed by atoms with Crippen LogP contribution in [0.15, 0.2) is 52.7 Å². The zero-order chi connectivity index (χ0) is 21.1. The van der Waals surface area contributed by atoms with Gasteiger partial charge in [0.1, 0.15) is 12.3 Å². The molecule has 2 aromatic carbocycles. The van der Waals surface area contributed by atoms with E-state index in [9.17, 15) is 9.59 Å². The highest BCUT2D eigenvalue weighted by Gasteiger charge is 2.33. The average molecular weight is 473 g/mol. The topological polar surface area (TPSA) is 68.3 Å². The van der Waals surface area contributed by atoms with Gasteiger partial charge in [0.25, 0.3) is 5.91 Å². The summed E-state index contributed by atoms with van der Waals surface area (Å²) in [6, 6.07) is 12.7. The van der Waals surface area contributed by atoms with Crippen LogP contribution in [0.25, 0.3) is 6.08 Å². The van der Waals surface area contributed by atoms with Crippen molar-refractivity contribution in [3.63, 3.8) is 0 Å². The number of para-hydroxylation sites is 2. The molecule has 7 nitrogen and oxygen atoms in total. The first-order chi connectivity index (χ1) is 14.6. The van der Waals surface area contributed by atoms with Gasteiger partial charge in [0.05, 0.1) is 30.5 Å². The molecule has 8 heteroatoms. The number of morpholine rings is 1. The molecule has 1 saturated heterocycles. The quantitative estimate of drug-likeness (QED) is 0.639. The van der Waals surface area contributed by atoms with E-state index in [1.54, 1.807) is 36.3 Å². The van der Waals surface area contributed by atoms with Gasteiger partial charge in [-0.25, -0.2) is 0 Å². The second-order valence-electron chi connectivity index (χ2n) is 6.86. The fourth-order valence-corrected chi connectivity index (χ4v) is 3.95. The SMILES string of the molecule is COc1ccc(/C=C2/Oc3ccccc3N(CC(=O)N3CCOCC3)C2=O)cc1Br. The molecule has 0 atom stereocenters. The summed E-state index contributed by atoms with van der Waals surface area (Å²) in [5, 5.41) is 0. The van der Waals surface area contributed by atoms with Gasteiger partial charge in [-0.1, -0.05) is 18.2 Å². The number of amides is 2. The molecule has 156 valence electrons. The Bertz CT molecular complexity index is 1000. The van der Waals surface area contributed by atoms with Crippen LogP contribution in [0, 0.1) is 0 Å². The summed E-state index contributed by atoms with van der Waals surface area (Å²) in [7, 11) is 1.59. The van der Waals surface area contributed by atoms with E-state index < -0.39 is 0 Å². The van der Waals surface area contributed by atoms with Crippen molar-refractivity contribution in [2.45, 2.75) is 0 Å². The van der Waals surface area contributed by atoms with E-state index in [0.29, 0.717) is 43.5 Å². The van der Waals surface area contributed by atoms with Gasteiger partial charge in [-0.15, -0.1) is 0 Å². The second-order valence-corrected chi connectivity index (χ2v) is 7.71. The van der Waals surface area contributed by atoms with Crippen LogP contribution in [0.1, 0.15) is 5.56 Å². The molecule has 0 bridgehead atoms. The van der Waals surface area contributed by atoms with Crippen LogP contribution in [0.3, 0.4) is 0 Å². The van der Waals surface area contributed by atoms with E-state index in [0.717, 1.165) is 10.0 Å². The number of hydrogen-bond donors (Lipinski definition) is 0. The van der Waals surface area contributed by atoms with Gasteiger partial charge in [0, 0.05) is 13.1 Å². The van der Waals surface area contributed by atoms with Gasteiger partial charge >= 0.3 is 0 Å². The van der Waals surface area contributed by atoms with E-state index in [1.165, 1.54) is 4.90 Å². The van der Waals surface area contributed by atoms with Crippen molar-refractivity contribution in [3.8, 4) is 11.5 Å². The van der Waals surface area contributed by atoms with Crippen LogP contribution < -0.4 is 14.4 Å². The van der Waals surface area contributed by atoms with Gasteiger partial charge in [-0.3, -0.25) is 14.5 Å². The molecule has 2 heterocycles. The third-order valence-corrected chi connectivity index (χ3v) is 5.58. The van der Waals surface area contributed by atoms with E-state index >= 15 is 0 Å². The lowest BCUT2D eigenvalue weighted by molar-refractivity contribution is -0.135. The van der Waals surface area contributed by atoms with Crippen molar-refractivity contribution in [1.82, 2.24) is 4.90 Å². The lowest BCUT2D eigenvalue weighted by Crippen LogP contribution is -2.48. The van der Waals surface area contributed by atoms with Crippen molar-refractivity contribution in [2.24, 2.45) is 0 Å². The number of carbonyl (C=O) groups is 2. The molecular formula is C22H21BrN2O5. The Hall–Kier alpha value is -2.84. The van der Waals surface area contributed by atoms with Crippen LogP contribution in [0.4, 0.5) is 5.69 Å². The predicted molar refractivity (Wildman–Crippen MR) is 115 cm³/mol.